The average Bonchev–Trinajstić information content (AvgIpc) is 2.91. The maximum atomic E-state index is 12.2. The van der Waals surface area contributed by atoms with E-state index in [1.807, 2.05) is 52.0 Å². The number of aromatic nitrogens is 2. The van der Waals surface area contributed by atoms with E-state index in [1.165, 1.54) is 0 Å². The third-order valence-electron chi connectivity index (χ3n) is 3.99. The molecule has 0 radical (unpaired) electrons. The quantitative estimate of drug-likeness (QED) is 0.875. The minimum atomic E-state index is -0.516. The van der Waals surface area contributed by atoms with E-state index in [-0.39, 0.29) is 30.4 Å². The number of imidazole rings is 1. The smallest absolute Gasteiger partial charge is 0.239 e. The summed E-state index contributed by atoms with van der Waals surface area (Å²) in [5, 5.41) is 5.59. The van der Waals surface area contributed by atoms with Gasteiger partial charge in [-0.1, -0.05) is 32.9 Å². The van der Waals surface area contributed by atoms with E-state index in [0.717, 1.165) is 16.9 Å². The first-order valence-electron chi connectivity index (χ1n) is 8.65. The van der Waals surface area contributed by atoms with Crippen molar-refractivity contribution in [2.75, 3.05) is 6.54 Å². The molecule has 2 rings (SSSR count). The molecule has 0 spiro atoms. The van der Waals surface area contributed by atoms with Crippen molar-refractivity contribution < 1.29 is 9.59 Å². The van der Waals surface area contributed by atoms with Crippen molar-refractivity contribution in [2.45, 2.75) is 53.6 Å². The van der Waals surface area contributed by atoms with Gasteiger partial charge in [0.05, 0.1) is 23.6 Å². The van der Waals surface area contributed by atoms with Gasteiger partial charge in [0.1, 0.15) is 5.82 Å². The first-order chi connectivity index (χ1) is 11.6. The van der Waals surface area contributed by atoms with Crippen LogP contribution < -0.4 is 10.6 Å². The Hall–Kier alpha value is -2.37. The Morgan fingerprint density at radius 2 is 1.80 bits per heavy atom. The van der Waals surface area contributed by atoms with Gasteiger partial charge in [-0.05, 0) is 32.9 Å². The molecule has 6 nitrogen and oxygen atoms in total. The Kier molecular flexibility index (Phi) is 5.50. The molecule has 1 aromatic carbocycles. The molecular weight excluding hydrogens is 316 g/mol. The van der Waals surface area contributed by atoms with Gasteiger partial charge in [-0.2, -0.15) is 0 Å². The minimum absolute atomic E-state index is 0.0393. The van der Waals surface area contributed by atoms with Crippen LogP contribution in [0.25, 0.3) is 11.0 Å². The molecule has 2 N–H and O–H groups in total. The molecule has 0 saturated carbocycles. The Morgan fingerprint density at radius 3 is 2.40 bits per heavy atom. The van der Waals surface area contributed by atoms with Crippen LogP contribution in [0, 0.1) is 5.41 Å². The normalized spacial score (nSPS) is 13.1. The molecule has 1 unspecified atom stereocenters. The lowest BCUT2D eigenvalue weighted by Crippen LogP contribution is -2.42. The lowest BCUT2D eigenvalue weighted by atomic mass is 9.96. The van der Waals surface area contributed by atoms with Crippen molar-refractivity contribution in [1.29, 1.82) is 0 Å². The summed E-state index contributed by atoms with van der Waals surface area (Å²) in [4.78, 5) is 28.8. The SMILES string of the molecule is CC(NC(=O)CNC(=O)C(C)(C)C)c1nc2ccccc2n1C(C)C. The van der Waals surface area contributed by atoms with Crippen LogP contribution in [0.4, 0.5) is 0 Å². The van der Waals surface area contributed by atoms with Crippen LogP contribution in [-0.2, 0) is 9.59 Å². The lowest BCUT2D eigenvalue weighted by molar-refractivity contribution is -0.131. The number of para-hydroxylation sites is 2. The summed E-state index contributed by atoms with van der Waals surface area (Å²) >= 11 is 0. The number of hydrogen-bond acceptors (Lipinski definition) is 3. The van der Waals surface area contributed by atoms with E-state index in [4.69, 9.17) is 0 Å². The molecule has 25 heavy (non-hydrogen) atoms. The maximum Gasteiger partial charge on any atom is 0.239 e. The number of rotatable bonds is 5. The van der Waals surface area contributed by atoms with Gasteiger partial charge in [-0.25, -0.2) is 4.98 Å². The molecule has 0 fully saturated rings. The van der Waals surface area contributed by atoms with E-state index in [9.17, 15) is 9.59 Å². The van der Waals surface area contributed by atoms with Gasteiger partial charge in [0.15, 0.2) is 0 Å². The van der Waals surface area contributed by atoms with Crippen molar-refractivity contribution in [3.63, 3.8) is 0 Å². The highest BCUT2D eigenvalue weighted by molar-refractivity contribution is 5.87. The van der Waals surface area contributed by atoms with Gasteiger partial charge in [0.2, 0.25) is 11.8 Å². The fourth-order valence-corrected chi connectivity index (χ4v) is 2.69. The van der Waals surface area contributed by atoms with E-state index in [2.05, 4.69) is 34.0 Å². The largest absolute Gasteiger partial charge is 0.347 e. The number of carbonyl (C=O) groups is 2. The first-order valence-corrected chi connectivity index (χ1v) is 8.65. The first kappa shape index (κ1) is 19.0. The van der Waals surface area contributed by atoms with E-state index in [1.54, 1.807) is 0 Å². The molecule has 0 aliphatic heterocycles. The van der Waals surface area contributed by atoms with Gasteiger partial charge >= 0.3 is 0 Å². The van der Waals surface area contributed by atoms with E-state index in [0.29, 0.717) is 0 Å². The predicted molar refractivity (Wildman–Crippen MR) is 99.1 cm³/mol. The number of amides is 2. The molecular formula is C19H28N4O2. The third kappa shape index (κ3) is 4.38. The molecule has 1 heterocycles. The van der Waals surface area contributed by atoms with Crippen molar-refractivity contribution in [2.24, 2.45) is 5.41 Å². The standard InChI is InChI=1S/C19H28N4O2/c1-12(2)23-15-10-8-7-9-14(15)22-17(23)13(3)21-16(24)11-20-18(25)19(4,5)6/h7-10,12-13H,11H2,1-6H3,(H,20,25)(H,21,24). The summed E-state index contributed by atoms with van der Waals surface area (Å²) in [6.45, 7) is 11.5. The molecule has 136 valence electrons. The van der Waals surface area contributed by atoms with Gasteiger partial charge in [0, 0.05) is 11.5 Å². The van der Waals surface area contributed by atoms with Crippen LogP contribution >= 0.6 is 0 Å². The van der Waals surface area contributed by atoms with Crippen LogP contribution in [0.15, 0.2) is 24.3 Å². The van der Waals surface area contributed by atoms with Gasteiger partial charge in [-0.15, -0.1) is 0 Å². The minimum Gasteiger partial charge on any atom is -0.347 e. The molecule has 0 bridgehead atoms. The zero-order valence-electron chi connectivity index (χ0n) is 15.9. The number of hydrogen-bond donors (Lipinski definition) is 2. The van der Waals surface area contributed by atoms with Crippen LogP contribution in [-0.4, -0.2) is 27.9 Å². The Balaban J connectivity index is 2.12. The topological polar surface area (TPSA) is 76.0 Å². The highest BCUT2D eigenvalue weighted by Crippen LogP contribution is 2.24. The fraction of sp³-hybridized carbons (Fsp3) is 0.526. The van der Waals surface area contributed by atoms with Crippen molar-refractivity contribution in [3.8, 4) is 0 Å². The number of carbonyl (C=O) groups excluding carboxylic acids is 2. The lowest BCUT2D eigenvalue weighted by Gasteiger charge is -2.20. The zero-order chi connectivity index (χ0) is 18.8. The molecule has 0 aliphatic carbocycles. The molecule has 0 aliphatic rings. The van der Waals surface area contributed by atoms with Gasteiger partial charge in [0.25, 0.3) is 0 Å². The highest BCUT2D eigenvalue weighted by Gasteiger charge is 2.23. The number of benzene rings is 1. The molecule has 2 amide bonds. The van der Waals surface area contributed by atoms with Crippen LogP contribution in [0.3, 0.4) is 0 Å². The molecule has 6 heteroatoms. The number of fused-ring (bicyclic) bond motifs is 1. The third-order valence-corrected chi connectivity index (χ3v) is 3.99. The van der Waals surface area contributed by atoms with Crippen LogP contribution in [0.5, 0.6) is 0 Å². The van der Waals surface area contributed by atoms with Gasteiger partial charge < -0.3 is 15.2 Å². The van der Waals surface area contributed by atoms with Crippen LogP contribution in [0.1, 0.15) is 59.5 Å². The Labute approximate surface area is 149 Å². The maximum absolute atomic E-state index is 12.2. The van der Waals surface area contributed by atoms with Crippen molar-refractivity contribution in [3.05, 3.63) is 30.1 Å². The summed E-state index contributed by atoms with van der Waals surface area (Å²) in [6, 6.07) is 7.91. The van der Waals surface area contributed by atoms with Crippen LogP contribution in [0.2, 0.25) is 0 Å². The summed E-state index contributed by atoms with van der Waals surface area (Å²) in [7, 11) is 0. The summed E-state index contributed by atoms with van der Waals surface area (Å²) in [5.41, 5.74) is 1.44. The molecule has 0 saturated heterocycles. The number of nitrogens with one attached hydrogen (secondary N) is 2. The second kappa shape index (κ2) is 7.25. The number of nitrogens with zero attached hydrogens (tertiary/aromatic N) is 2. The van der Waals surface area contributed by atoms with E-state index < -0.39 is 5.41 Å². The molecule has 1 atom stereocenters. The highest BCUT2D eigenvalue weighted by atomic mass is 16.2. The molecule has 1 aromatic heterocycles. The summed E-state index contributed by atoms with van der Waals surface area (Å²) in [6.07, 6.45) is 0. The van der Waals surface area contributed by atoms with Crippen molar-refractivity contribution >= 4 is 22.8 Å². The second-order valence-electron chi connectivity index (χ2n) is 7.64. The zero-order valence-corrected chi connectivity index (χ0v) is 15.9. The Bertz CT molecular complexity index is 771. The predicted octanol–water partition coefficient (Wildman–Crippen LogP) is 2.96. The Morgan fingerprint density at radius 1 is 1.16 bits per heavy atom. The fourth-order valence-electron chi connectivity index (χ4n) is 2.69. The van der Waals surface area contributed by atoms with E-state index >= 15 is 0 Å². The summed E-state index contributed by atoms with van der Waals surface area (Å²) < 4.78 is 2.13. The van der Waals surface area contributed by atoms with Gasteiger partial charge in [-0.3, -0.25) is 9.59 Å². The second-order valence-corrected chi connectivity index (χ2v) is 7.64. The summed E-state index contributed by atoms with van der Waals surface area (Å²) in [5.74, 6) is 0.434. The molecule has 2 aromatic rings. The monoisotopic (exact) mass is 344 g/mol. The van der Waals surface area contributed by atoms with Crippen molar-refractivity contribution in [1.82, 2.24) is 20.2 Å². The average molecular weight is 344 g/mol.